The smallest absolute Gasteiger partial charge is 0.353 e. The second-order valence-corrected chi connectivity index (χ2v) is 6.09. The van der Waals surface area contributed by atoms with Gasteiger partial charge in [-0.1, -0.05) is 36.4 Å². The first-order valence-electron chi connectivity index (χ1n) is 8.11. The SMILES string of the molecule is Cc1ccc(-n2c(=O)[nH]c(C(=O)O)c(C(=O)c3ccccc3)c2=O)cc1C. The van der Waals surface area contributed by atoms with Crippen LogP contribution in [0, 0.1) is 13.8 Å². The number of hydrogen-bond donors (Lipinski definition) is 2. The number of aryl methyl sites for hydroxylation is 2. The van der Waals surface area contributed by atoms with E-state index in [2.05, 4.69) is 4.98 Å². The number of carboxylic acids is 1. The van der Waals surface area contributed by atoms with E-state index in [1.807, 2.05) is 13.8 Å². The zero-order chi connectivity index (χ0) is 19.7. The number of nitrogens with one attached hydrogen (secondary N) is 1. The predicted octanol–water partition coefficient (Wildman–Crippen LogP) is 2.07. The van der Waals surface area contributed by atoms with Crippen molar-refractivity contribution in [1.82, 2.24) is 9.55 Å². The molecule has 7 heteroatoms. The number of carboxylic acid groups (broad SMARTS) is 1. The lowest BCUT2D eigenvalue weighted by Crippen LogP contribution is -2.40. The molecule has 0 saturated carbocycles. The summed E-state index contributed by atoms with van der Waals surface area (Å²) in [4.78, 5) is 51.9. The molecule has 0 fully saturated rings. The van der Waals surface area contributed by atoms with Crippen molar-refractivity contribution in [3.63, 3.8) is 0 Å². The highest BCUT2D eigenvalue weighted by atomic mass is 16.4. The lowest BCUT2D eigenvalue weighted by atomic mass is 10.0. The Morgan fingerprint density at radius 2 is 1.63 bits per heavy atom. The number of hydrogen-bond acceptors (Lipinski definition) is 4. The monoisotopic (exact) mass is 364 g/mol. The minimum Gasteiger partial charge on any atom is -0.477 e. The first-order valence-corrected chi connectivity index (χ1v) is 8.11. The van der Waals surface area contributed by atoms with Gasteiger partial charge in [0.25, 0.3) is 5.56 Å². The summed E-state index contributed by atoms with van der Waals surface area (Å²) in [6.45, 7) is 3.70. The molecule has 0 bridgehead atoms. The highest BCUT2D eigenvalue weighted by molar-refractivity contribution is 6.13. The summed E-state index contributed by atoms with van der Waals surface area (Å²) in [5.74, 6) is -2.33. The van der Waals surface area contributed by atoms with E-state index in [9.17, 15) is 24.3 Å². The van der Waals surface area contributed by atoms with Gasteiger partial charge in [-0.15, -0.1) is 0 Å². The number of aromatic amines is 1. The largest absolute Gasteiger partial charge is 0.477 e. The molecule has 2 aromatic carbocycles. The quantitative estimate of drug-likeness (QED) is 0.689. The van der Waals surface area contributed by atoms with Crippen LogP contribution < -0.4 is 11.2 Å². The Morgan fingerprint density at radius 3 is 2.22 bits per heavy atom. The second kappa shape index (κ2) is 6.87. The van der Waals surface area contributed by atoms with E-state index in [0.717, 1.165) is 15.7 Å². The van der Waals surface area contributed by atoms with E-state index in [1.54, 1.807) is 36.4 Å². The molecular formula is C20H16N2O5. The topological polar surface area (TPSA) is 109 Å². The normalized spacial score (nSPS) is 10.6. The molecular weight excluding hydrogens is 348 g/mol. The predicted molar refractivity (Wildman–Crippen MR) is 99.0 cm³/mol. The molecule has 0 unspecified atom stereocenters. The highest BCUT2D eigenvalue weighted by Crippen LogP contribution is 2.13. The minimum absolute atomic E-state index is 0.149. The first-order chi connectivity index (χ1) is 12.8. The molecule has 3 rings (SSSR count). The molecule has 0 saturated heterocycles. The van der Waals surface area contributed by atoms with Crippen molar-refractivity contribution in [2.45, 2.75) is 13.8 Å². The van der Waals surface area contributed by atoms with Gasteiger partial charge in [0.15, 0.2) is 0 Å². The van der Waals surface area contributed by atoms with Gasteiger partial charge in [0.05, 0.1) is 5.69 Å². The number of carbonyl (C=O) groups is 2. The zero-order valence-corrected chi connectivity index (χ0v) is 14.6. The van der Waals surface area contributed by atoms with Crippen LogP contribution in [0.2, 0.25) is 0 Å². The lowest BCUT2D eigenvalue weighted by molar-refractivity contribution is 0.0685. The Kier molecular flexibility index (Phi) is 4.60. The summed E-state index contributed by atoms with van der Waals surface area (Å²) in [5.41, 5.74) is -1.01. The molecule has 0 aliphatic rings. The van der Waals surface area contributed by atoms with Crippen LogP contribution in [0.4, 0.5) is 0 Å². The average Bonchev–Trinajstić information content (AvgIpc) is 2.64. The Labute approximate surface area is 153 Å². The molecule has 0 aliphatic heterocycles. The Balaban J connectivity index is 2.34. The third-order valence-electron chi connectivity index (χ3n) is 4.33. The van der Waals surface area contributed by atoms with Gasteiger partial charge in [-0.3, -0.25) is 9.59 Å². The Bertz CT molecular complexity index is 1170. The van der Waals surface area contributed by atoms with Gasteiger partial charge in [0.1, 0.15) is 11.3 Å². The van der Waals surface area contributed by atoms with Crippen LogP contribution in [0.5, 0.6) is 0 Å². The van der Waals surface area contributed by atoms with Crippen LogP contribution in [0.25, 0.3) is 5.69 Å². The summed E-state index contributed by atoms with van der Waals surface area (Å²) < 4.78 is 0.773. The van der Waals surface area contributed by atoms with Crippen LogP contribution >= 0.6 is 0 Å². The third-order valence-corrected chi connectivity index (χ3v) is 4.33. The number of carbonyl (C=O) groups excluding carboxylic acids is 1. The second-order valence-electron chi connectivity index (χ2n) is 6.09. The Hall–Kier alpha value is -3.74. The van der Waals surface area contributed by atoms with Crippen molar-refractivity contribution in [3.8, 4) is 5.69 Å². The minimum atomic E-state index is -1.56. The molecule has 1 aromatic heterocycles. The fraction of sp³-hybridized carbons (Fsp3) is 0.100. The van der Waals surface area contributed by atoms with Gasteiger partial charge in [-0.2, -0.15) is 0 Å². The van der Waals surface area contributed by atoms with E-state index in [4.69, 9.17) is 0 Å². The number of nitrogens with zero attached hydrogens (tertiary/aromatic N) is 1. The summed E-state index contributed by atoms with van der Waals surface area (Å²) in [6, 6.07) is 12.8. The maximum absolute atomic E-state index is 13.0. The van der Waals surface area contributed by atoms with Gasteiger partial charge in [0.2, 0.25) is 5.78 Å². The van der Waals surface area contributed by atoms with Crippen molar-refractivity contribution < 1.29 is 14.7 Å². The summed E-state index contributed by atoms with van der Waals surface area (Å²) >= 11 is 0. The van der Waals surface area contributed by atoms with Gasteiger partial charge in [0, 0.05) is 5.56 Å². The molecule has 27 heavy (non-hydrogen) atoms. The standard InChI is InChI=1S/C20H16N2O5/c1-11-8-9-14(10-12(11)2)22-18(24)15(16(19(25)26)21-20(22)27)17(23)13-6-4-3-5-7-13/h3-10H,1-2H3,(H,21,27)(H,25,26). The Morgan fingerprint density at radius 1 is 0.963 bits per heavy atom. The third kappa shape index (κ3) is 3.22. The maximum atomic E-state index is 13.0. The number of aromatic carboxylic acids is 1. The van der Waals surface area contributed by atoms with E-state index >= 15 is 0 Å². The summed E-state index contributed by atoms with van der Waals surface area (Å²) in [7, 11) is 0. The van der Waals surface area contributed by atoms with Crippen LogP contribution in [0.3, 0.4) is 0 Å². The van der Waals surface area contributed by atoms with E-state index in [0.29, 0.717) is 0 Å². The molecule has 0 aliphatic carbocycles. The van der Waals surface area contributed by atoms with Gasteiger partial charge < -0.3 is 10.1 Å². The first kappa shape index (κ1) is 18.1. The fourth-order valence-electron chi connectivity index (χ4n) is 2.74. The van der Waals surface area contributed by atoms with Crippen LogP contribution in [-0.2, 0) is 0 Å². The van der Waals surface area contributed by atoms with Crippen molar-refractivity contribution >= 4 is 11.8 Å². The van der Waals surface area contributed by atoms with Crippen LogP contribution in [-0.4, -0.2) is 26.4 Å². The van der Waals surface area contributed by atoms with E-state index < -0.39 is 34.3 Å². The number of H-pyrrole nitrogens is 1. The van der Waals surface area contributed by atoms with Crippen LogP contribution in [0.15, 0.2) is 58.1 Å². The van der Waals surface area contributed by atoms with E-state index in [1.165, 1.54) is 12.1 Å². The average molecular weight is 364 g/mol. The number of ketones is 1. The molecule has 1 heterocycles. The molecule has 136 valence electrons. The van der Waals surface area contributed by atoms with Crippen molar-refractivity contribution in [3.05, 3.63) is 97.3 Å². The summed E-state index contributed by atoms with van der Waals surface area (Å²) in [6.07, 6.45) is 0. The van der Waals surface area contributed by atoms with Gasteiger partial charge in [-0.25, -0.2) is 14.2 Å². The fourth-order valence-corrected chi connectivity index (χ4v) is 2.74. The molecule has 2 N–H and O–H groups in total. The lowest BCUT2D eigenvalue weighted by Gasteiger charge is -2.11. The van der Waals surface area contributed by atoms with Crippen LogP contribution in [0.1, 0.15) is 37.5 Å². The summed E-state index contributed by atoms with van der Waals surface area (Å²) in [5, 5.41) is 9.38. The number of benzene rings is 2. The molecule has 0 amide bonds. The van der Waals surface area contributed by atoms with Crippen molar-refractivity contribution in [2.24, 2.45) is 0 Å². The highest BCUT2D eigenvalue weighted by Gasteiger charge is 2.26. The van der Waals surface area contributed by atoms with Crippen molar-refractivity contribution in [2.75, 3.05) is 0 Å². The number of aromatic nitrogens is 2. The molecule has 0 atom stereocenters. The molecule has 0 radical (unpaired) electrons. The molecule has 7 nitrogen and oxygen atoms in total. The van der Waals surface area contributed by atoms with Crippen molar-refractivity contribution in [1.29, 1.82) is 0 Å². The van der Waals surface area contributed by atoms with Gasteiger partial charge in [-0.05, 0) is 37.1 Å². The maximum Gasteiger partial charge on any atom is 0.353 e. The number of rotatable bonds is 4. The zero-order valence-electron chi connectivity index (χ0n) is 14.6. The molecule has 0 spiro atoms. The van der Waals surface area contributed by atoms with Gasteiger partial charge >= 0.3 is 11.7 Å². The molecule has 3 aromatic rings. The van der Waals surface area contributed by atoms with E-state index in [-0.39, 0.29) is 11.3 Å².